The fourth-order valence-corrected chi connectivity index (χ4v) is 3.05. The number of aliphatic hydroxyl groups excluding tert-OH is 1. The molecule has 3 heterocycles. The van der Waals surface area contributed by atoms with Crippen LogP contribution in [0.25, 0.3) is 5.65 Å². The maximum atomic E-state index is 9.59. The Morgan fingerprint density at radius 2 is 2.10 bits per heavy atom. The van der Waals surface area contributed by atoms with Crippen molar-refractivity contribution in [2.24, 2.45) is 5.41 Å². The van der Waals surface area contributed by atoms with Crippen molar-refractivity contribution in [2.75, 3.05) is 19.7 Å². The number of aliphatic hydroxyl groups is 1. The van der Waals surface area contributed by atoms with Crippen LogP contribution in [-0.4, -0.2) is 44.1 Å². The summed E-state index contributed by atoms with van der Waals surface area (Å²) in [5.74, 6) is 0. The van der Waals surface area contributed by atoms with E-state index < -0.39 is 0 Å². The molecule has 2 aromatic heterocycles. The predicted molar refractivity (Wildman–Crippen MR) is 77.3 cm³/mol. The first-order valence-electron chi connectivity index (χ1n) is 7.35. The normalized spacial score (nSPS) is 19.5. The summed E-state index contributed by atoms with van der Waals surface area (Å²) in [7, 11) is 0. The second-order valence-electron chi connectivity index (χ2n) is 5.84. The molecule has 1 saturated heterocycles. The molecule has 1 fully saturated rings. The Morgan fingerprint density at radius 1 is 1.30 bits per heavy atom. The number of aromatic nitrogens is 3. The second kappa shape index (κ2) is 5.50. The van der Waals surface area contributed by atoms with Gasteiger partial charge < -0.3 is 5.11 Å². The summed E-state index contributed by atoms with van der Waals surface area (Å²) in [5, 5.41) is 9.59. The van der Waals surface area contributed by atoms with Crippen LogP contribution in [0.5, 0.6) is 0 Å². The first-order valence-corrected chi connectivity index (χ1v) is 7.35. The highest BCUT2D eigenvalue weighted by atomic mass is 16.3. The SMILES string of the molecule is CCC1(CO)CCN(Cc2cnc3cnccn23)CC1. The van der Waals surface area contributed by atoms with E-state index >= 15 is 0 Å². The van der Waals surface area contributed by atoms with E-state index in [0.717, 1.165) is 44.5 Å². The van der Waals surface area contributed by atoms with Crippen molar-refractivity contribution in [3.8, 4) is 0 Å². The summed E-state index contributed by atoms with van der Waals surface area (Å²) in [6.45, 7) is 5.51. The van der Waals surface area contributed by atoms with Gasteiger partial charge in [0.1, 0.15) is 0 Å². The molecule has 0 unspecified atom stereocenters. The smallest absolute Gasteiger partial charge is 0.155 e. The largest absolute Gasteiger partial charge is 0.396 e. The van der Waals surface area contributed by atoms with Crippen LogP contribution in [-0.2, 0) is 6.54 Å². The summed E-state index contributed by atoms with van der Waals surface area (Å²) < 4.78 is 2.10. The van der Waals surface area contributed by atoms with Crippen LogP contribution in [0, 0.1) is 5.41 Å². The summed E-state index contributed by atoms with van der Waals surface area (Å²) in [4.78, 5) is 10.9. The molecule has 2 aromatic rings. The van der Waals surface area contributed by atoms with Gasteiger partial charge in [-0.2, -0.15) is 0 Å². The number of hydrogen-bond acceptors (Lipinski definition) is 4. The van der Waals surface area contributed by atoms with Gasteiger partial charge in [0.2, 0.25) is 0 Å². The Morgan fingerprint density at radius 3 is 2.80 bits per heavy atom. The number of nitrogens with zero attached hydrogens (tertiary/aromatic N) is 4. The summed E-state index contributed by atoms with van der Waals surface area (Å²) >= 11 is 0. The van der Waals surface area contributed by atoms with Gasteiger partial charge >= 0.3 is 0 Å². The van der Waals surface area contributed by atoms with Crippen LogP contribution in [0.15, 0.2) is 24.8 Å². The summed E-state index contributed by atoms with van der Waals surface area (Å²) in [5.41, 5.74) is 2.26. The van der Waals surface area contributed by atoms with Gasteiger partial charge in [-0.15, -0.1) is 0 Å². The van der Waals surface area contributed by atoms with E-state index in [0.29, 0.717) is 6.61 Å². The predicted octanol–water partition coefficient (Wildman–Crippen LogP) is 1.71. The maximum Gasteiger partial charge on any atom is 0.155 e. The molecular formula is C15H22N4O. The Kier molecular flexibility index (Phi) is 3.72. The zero-order valence-corrected chi connectivity index (χ0v) is 12.0. The average molecular weight is 274 g/mol. The molecule has 5 heteroatoms. The molecule has 5 nitrogen and oxygen atoms in total. The van der Waals surface area contributed by atoms with E-state index in [1.807, 2.05) is 12.4 Å². The number of likely N-dealkylation sites (tertiary alicyclic amines) is 1. The van der Waals surface area contributed by atoms with Gasteiger partial charge in [0, 0.05) is 25.5 Å². The molecular weight excluding hydrogens is 252 g/mol. The molecule has 0 bridgehead atoms. The van der Waals surface area contributed by atoms with Crippen LogP contribution in [0.1, 0.15) is 31.9 Å². The van der Waals surface area contributed by atoms with Crippen LogP contribution >= 0.6 is 0 Å². The summed E-state index contributed by atoms with van der Waals surface area (Å²) in [6, 6.07) is 0. The zero-order valence-electron chi connectivity index (χ0n) is 12.0. The third kappa shape index (κ3) is 2.43. The molecule has 1 N–H and O–H groups in total. The molecule has 0 saturated carbocycles. The zero-order chi connectivity index (χ0) is 14.0. The molecule has 3 rings (SSSR count). The van der Waals surface area contributed by atoms with Gasteiger partial charge in [0.15, 0.2) is 5.65 Å². The van der Waals surface area contributed by atoms with Gasteiger partial charge in [0.05, 0.1) is 18.1 Å². The standard InChI is InChI=1S/C15H22N4O/c1-2-15(12-20)3-6-18(7-4-15)11-13-9-17-14-10-16-5-8-19(13)14/h5,8-10,20H,2-4,6-7,11-12H2,1H3. The average Bonchev–Trinajstić information content (AvgIpc) is 2.92. The highest BCUT2D eigenvalue weighted by Crippen LogP contribution is 2.34. The number of fused-ring (bicyclic) bond motifs is 1. The monoisotopic (exact) mass is 274 g/mol. The topological polar surface area (TPSA) is 53.7 Å². The first-order chi connectivity index (χ1) is 9.76. The minimum atomic E-state index is 0.153. The summed E-state index contributed by atoms with van der Waals surface area (Å²) in [6.07, 6.45) is 10.7. The number of imidazole rings is 1. The Bertz CT molecular complexity index is 566. The lowest BCUT2D eigenvalue weighted by Crippen LogP contribution is -2.41. The molecule has 0 amide bonds. The van der Waals surface area contributed by atoms with Crippen LogP contribution in [0.4, 0.5) is 0 Å². The van der Waals surface area contributed by atoms with Gasteiger partial charge in [0.25, 0.3) is 0 Å². The van der Waals surface area contributed by atoms with E-state index in [2.05, 4.69) is 26.2 Å². The molecule has 0 aliphatic carbocycles. The van der Waals surface area contributed by atoms with E-state index in [4.69, 9.17) is 0 Å². The number of hydrogen-bond donors (Lipinski definition) is 1. The lowest BCUT2D eigenvalue weighted by molar-refractivity contribution is 0.0377. The Labute approximate surface area is 119 Å². The molecule has 0 spiro atoms. The third-order valence-corrected chi connectivity index (χ3v) is 4.78. The molecule has 0 aromatic carbocycles. The van der Waals surface area contributed by atoms with E-state index in [-0.39, 0.29) is 5.41 Å². The van der Waals surface area contributed by atoms with Crippen molar-refractivity contribution in [2.45, 2.75) is 32.7 Å². The van der Waals surface area contributed by atoms with Crippen molar-refractivity contribution in [3.05, 3.63) is 30.5 Å². The minimum Gasteiger partial charge on any atom is -0.396 e. The molecule has 1 aliphatic heterocycles. The highest BCUT2D eigenvalue weighted by molar-refractivity contribution is 5.36. The van der Waals surface area contributed by atoms with Crippen molar-refractivity contribution in [1.82, 2.24) is 19.3 Å². The van der Waals surface area contributed by atoms with Crippen LogP contribution in [0.3, 0.4) is 0 Å². The van der Waals surface area contributed by atoms with Crippen molar-refractivity contribution < 1.29 is 5.11 Å². The van der Waals surface area contributed by atoms with Crippen LogP contribution < -0.4 is 0 Å². The molecule has 1 aliphatic rings. The van der Waals surface area contributed by atoms with E-state index in [9.17, 15) is 5.11 Å². The quantitative estimate of drug-likeness (QED) is 0.922. The van der Waals surface area contributed by atoms with E-state index in [1.165, 1.54) is 5.69 Å². The number of piperidine rings is 1. The van der Waals surface area contributed by atoms with Crippen molar-refractivity contribution in [3.63, 3.8) is 0 Å². The highest BCUT2D eigenvalue weighted by Gasteiger charge is 2.32. The fourth-order valence-electron chi connectivity index (χ4n) is 3.05. The van der Waals surface area contributed by atoms with E-state index in [1.54, 1.807) is 12.4 Å². The molecule has 0 atom stereocenters. The van der Waals surface area contributed by atoms with Crippen LogP contribution in [0.2, 0.25) is 0 Å². The third-order valence-electron chi connectivity index (χ3n) is 4.78. The van der Waals surface area contributed by atoms with Crippen molar-refractivity contribution in [1.29, 1.82) is 0 Å². The fraction of sp³-hybridized carbons (Fsp3) is 0.600. The molecule has 108 valence electrons. The van der Waals surface area contributed by atoms with Crippen molar-refractivity contribution >= 4 is 5.65 Å². The molecule has 20 heavy (non-hydrogen) atoms. The lowest BCUT2D eigenvalue weighted by atomic mass is 9.77. The van der Waals surface area contributed by atoms with Gasteiger partial charge in [-0.3, -0.25) is 14.3 Å². The Hall–Kier alpha value is -1.46. The second-order valence-corrected chi connectivity index (χ2v) is 5.84. The first kappa shape index (κ1) is 13.5. The van der Waals surface area contributed by atoms with Gasteiger partial charge in [-0.25, -0.2) is 4.98 Å². The molecule has 0 radical (unpaired) electrons. The lowest BCUT2D eigenvalue weighted by Gasteiger charge is -2.40. The minimum absolute atomic E-state index is 0.153. The Balaban J connectivity index is 1.68. The van der Waals surface area contributed by atoms with Gasteiger partial charge in [-0.05, 0) is 37.8 Å². The maximum absolute atomic E-state index is 9.59. The van der Waals surface area contributed by atoms with Gasteiger partial charge in [-0.1, -0.05) is 6.92 Å². The number of rotatable bonds is 4.